The molecule has 110 valence electrons. The van der Waals surface area contributed by atoms with Crippen LogP contribution in [0.1, 0.15) is 29.3 Å². The van der Waals surface area contributed by atoms with Crippen LogP contribution in [0.25, 0.3) is 0 Å². The Labute approximate surface area is 119 Å². The van der Waals surface area contributed by atoms with E-state index in [9.17, 15) is 9.90 Å². The smallest absolute Gasteiger partial charge is 0.307 e. The van der Waals surface area contributed by atoms with Crippen molar-refractivity contribution in [2.75, 3.05) is 33.2 Å². The SMILES string of the molecule is Cc1coc2c1C(N1CCN(C)CC1)CC(C(=O)O)C2. The summed E-state index contributed by atoms with van der Waals surface area (Å²) in [5, 5.41) is 9.36. The maximum atomic E-state index is 11.4. The predicted octanol–water partition coefficient (Wildman–Crippen LogP) is 1.52. The van der Waals surface area contributed by atoms with E-state index in [-0.39, 0.29) is 12.0 Å². The van der Waals surface area contributed by atoms with Gasteiger partial charge in [-0.2, -0.15) is 0 Å². The number of rotatable bonds is 2. The predicted molar refractivity (Wildman–Crippen MR) is 74.7 cm³/mol. The van der Waals surface area contributed by atoms with Crippen molar-refractivity contribution in [3.8, 4) is 0 Å². The molecule has 1 fully saturated rings. The lowest BCUT2D eigenvalue weighted by molar-refractivity contribution is -0.143. The topological polar surface area (TPSA) is 56.9 Å². The molecule has 5 nitrogen and oxygen atoms in total. The highest BCUT2D eigenvalue weighted by molar-refractivity contribution is 5.71. The van der Waals surface area contributed by atoms with Crippen LogP contribution in [0, 0.1) is 12.8 Å². The van der Waals surface area contributed by atoms with Crippen molar-refractivity contribution < 1.29 is 14.3 Å². The second-order valence-corrected chi connectivity index (χ2v) is 6.09. The van der Waals surface area contributed by atoms with Crippen LogP contribution in [0.3, 0.4) is 0 Å². The molecule has 20 heavy (non-hydrogen) atoms. The first-order valence-corrected chi connectivity index (χ1v) is 7.28. The highest BCUT2D eigenvalue weighted by atomic mass is 16.4. The molecule has 0 amide bonds. The number of hydrogen-bond acceptors (Lipinski definition) is 4. The van der Waals surface area contributed by atoms with Crippen molar-refractivity contribution in [1.29, 1.82) is 0 Å². The van der Waals surface area contributed by atoms with E-state index < -0.39 is 5.97 Å². The molecule has 0 aromatic carbocycles. The number of furan rings is 1. The Bertz CT molecular complexity index is 503. The lowest BCUT2D eigenvalue weighted by atomic mass is 9.82. The number of nitrogens with zero attached hydrogens (tertiary/aromatic N) is 2. The fraction of sp³-hybridized carbons (Fsp3) is 0.667. The molecular weight excluding hydrogens is 256 g/mol. The van der Waals surface area contributed by atoms with Crippen LogP contribution in [0.5, 0.6) is 0 Å². The van der Waals surface area contributed by atoms with Crippen LogP contribution in [0.4, 0.5) is 0 Å². The second kappa shape index (κ2) is 5.22. The van der Waals surface area contributed by atoms with Crippen molar-refractivity contribution in [1.82, 2.24) is 9.80 Å². The number of hydrogen-bond donors (Lipinski definition) is 1. The number of likely N-dealkylation sites (N-methyl/N-ethyl adjacent to an activating group) is 1. The van der Waals surface area contributed by atoms with E-state index in [2.05, 4.69) is 23.8 Å². The van der Waals surface area contributed by atoms with Gasteiger partial charge >= 0.3 is 5.97 Å². The summed E-state index contributed by atoms with van der Waals surface area (Å²) in [7, 11) is 2.13. The summed E-state index contributed by atoms with van der Waals surface area (Å²) in [6.45, 7) is 6.14. The van der Waals surface area contributed by atoms with Gasteiger partial charge in [-0.1, -0.05) is 0 Å². The molecule has 2 aliphatic rings. The fourth-order valence-electron chi connectivity index (χ4n) is 3.46. The van der Waals surface area contributed by atoms with Crippen molar-refractivity contribution in [2.24, 2.45) is 5.92 Å². The molecule has 2 unspecified atom stereocenters. The molecule has 0 bridgehead atoms. The normalized spacial score (nSPS) is 28.3. The van der Waals surface area contributed by atoms with Gasteiger partial charge in [0, 0.05) is 44.2 Å². The summed E-state index contributed by atoms with van der Waals surface area (Å²) in [6.07, 6.45) is 3.01. The number of fused-ring (bicyclic) bond motifs is 1. The Morgan fingerprint density at radius 3 is 2.70 bits per heavy atom. The average molecular weight is 278 g/mol. The summed E-state index contributed by atoms with van der Waals surface area (Å²) in [6, 6.07) is 0.201. The Hall–Kier alpha value is -1.33. The van der Waals surface area contributed by atoms with Crippen molar-refractivity contribution in [3.63, 3.8) is 0 Å². The number of aryl methyl sites for hydroxylation is 1. The van der Waals surface area contributed by atoms with E-state index in [4.69, 9.17) is 4.42 Å². The molecule has 1 N–H and O–H groups in total. The van der Waals surface area contributed by atoms with Crippen molar-refractivity contribution >= 4 is 5.97 Å². The Kier molecular flexibility index (Phi) is 3.56. The summed E-state index contributed by atoms with van der Waals surface area (Å²) in [5.41, 5.74) is 2.40. The zero-order chi connectivity index (χ0) is 14.3. The molecule has 1 aliphatic heterocycles. The van der Waals surface area contributed by atoms with Crippen LogP contribution in [0.15, 0.2) is 10.7 Å². The number of carboxylic acids is 1. The third kappa shape index (κ3) is 2.36. The van der Waals surface area contributed by atoms with Gasteiger partial charge in [0.1, 0.15) is 5.76 Å². The van der Waals surface area contributed by atoms with Gasteiger partial charge in [0.25, 0.3) is 0 Å². The molecule has 0 saturated carbocycles. The van der Waals surface area contributed by atoms with Crippen LogP contribution < -0.4 is 0 Å². The molecule has 1 aliphatic carbocycles. The molecule has 1 saturated heterocycles. The fourth-order valence-corrected chi connectivity index (χ4v) is 3.46. The molecular formula is C15H22N2O3. The molecule has 0 spiro atoms. The Morgan fingerprint density at radius 1 is 1.35 bits per heavy atom. The molecule has 5 heteroatoms. The summed E-state index contributed by atoms with van der Waals surface area (Å²) in [5.74, 6) is -0.147. The minimum Gasteiger partial charge on any atom is -0.481 e. The van der Waals surface area contributed by atoms with E-state index in [0.717, 1.165) is 37.5 Å². The molecule has 0 radical (unpaired) electrons. The molecule has 2 atom stereocenters. The van der Waals surface area contributed by atoms with Crippen molar-refractivity contribution in [3.05, 3.63) is 23.2 Å². The van der Waals surface area contributed by atoms with E-state index >= 15 is 0 Å². The first-order chi connectivity index (χ1) is 9.56. The van der Waals surface area contributed by atoms with Gasteiger partial charge in [-0.05, 0) is 26.0 Å². The molecule has 3 rings (SSSR count). The number of carboxylic acid groups (broad SMARTS) is 1. The summed E-state index contributed by atoms with van der Waals surface area (Å²) >= 11 is 0. The van der Waals surface area contributed by atoms with Crippen LogP contribution >= 0.6 is 0 Å². The van der Waals surface area contributed by atoms with Gasteiger partial charge in [0.05, 0.1) is 12.2 Å². The number of aliphatic carboxylic acids is 1. The quantitative estimate of drug-likeness (QED) is 0.889. The third-order valence-electron chi connectivity index (χ3n) is 4.70. The standard InChI is InChI=1S/C15H22N2O3/c1-10-9-20-13-8-11(15(18)19)7-12(14(10)13)17-5-3-16(2)4-6-17/h9,11-12H,3-8H2,1-2H3,(H,18,19). The summed E-state index contributed by atoms with van der Waals surface area (Å²) in [4.78, 5) is 16.1. The van der Waals surface area contributed by atoms with E-state index in [0.29, 0.717) is 12.8 Å². The van der Waals surface area contributed by atoms with E-state index in [1.165, 1.54) is 5.56 Å². The number of piperazine rings is 1. The second-order valence-electron chi connectivity index (χ2n) is 6.09. The first-order valence-electron chi connectivity index (χ1n) is 7.28. The van der Waals surface area contributed by atoms with E-state index in [1.54, 1.807) is 6.26 Å². The van der Waals surface area contributed by atoms with Crippen molar-refractivity contribution in [2.45, 2.75) is 25.8 Å². The first kappa shape index (κ1) is 13.6. The number of carbonyl (C=O) groups is 1. The monoisotopic (exact) mass is 278 g/mol. The third-order valence-corrected chi connectivity index (χ3v) is 4.70. The molecule has 1 aromatic rings. The van der Waals surface area contributed by atoms with Gasteiger partial charge in [0.2, 0.25) is 0 Å². The average Bonchev–Trinajstić information content (AvgIpc) is 2.80. The van der Waals surface area contributed by atoms with Crippen LogP contribution in [0.2, 0.25) is 0 Å². The van der Waals surface area contributed by atoms with Gasteiger partial charge in [-0.25, -0.2) is 0 Å². The Balaban J connectivity index is 1.88. The molecule has 2 heterocycles. The van der Waals surface area contributed by atoms with Gasteiger partial charge < -0.3 is 14.4 Å². The summed E-state index contributed by atoms with van der Waals surface area (Å²) < 4.78 is 5.61. The van der Waals surface area contributed by atoms with Crippen LogP contribution in [-0.4, -0.2) is 54.1 Å². The maximum Gasteiger partial charge on any atom is 0.307 e. The Morgan fingerprint density at radius 2 is 2.05 bits per heavy atom. The zero-order valence-corrected chi connectivity index (χ0v) is 12.1. The lowest BCUT2D eigenvalue weighted by Crippen LogP contribution is -2.47. The minimum absolute atomic E-state index is 0.201. The van der Waals surface area contributed by atoms with E-state index in [1.807, 2.05) is 0 Å². The zero-order valence-electron chi connectivity index (χ0n) is 12.1. The van der Waals surface area contributed by atoms with Gasteiger partial charge in [-0.15, -0.1) is 0 Å². The highest BCUT2D eigenvalue weighted by Crippen LogP contribution is 2.40. The van der Waals surface area contributed by atoms with Gasteiger partial charge in [-0.3, -0.25) is 9.69 Å². The van der Waals surface area contributed by atoms with Gasteiger partial charge in [0.15, 0.2) is 0 Å². The lowest BCUT2D eigenvalue weighted by Gasteiger charge is -2.40. The minimum atomic E-state index is -0.705. The van der Waals surface area contributed by atoms with Crippen LogP contribution in [-0.2, 0) is 11.2 Å². The maximum absolute atomic E-state index is 11.4. The largest absolute Gasteiger partial charge is 0.481 e. The molecule has 1 aromatic heterocycles. The highest BCUT2D eigenvalue weighted by Gasteiger charge is 2.37.